The molecule has 2 rings (SSSR count). The number of benzene rings is 1. The highest BCUT2D eigenvalue weighted by Gasteiger charge is 2.22. The number of fused-ring (bicyclic) bond motifs is 1. The van der Waals surface area contributed by atoms with E-state index in [2.05, 4.69) is 5.32 Å². The second-order valence-corrected chi connectivity index (χ2v) is 4.03. The van der Waals surface area contributed by atoms with Crippen molar-refractivity contribution in [2.24, 2.45) is 0 Å². The van der Waals surface area contributed by atoms with Crippen LogP contribution >= 0.6 is 0 Å². The van der Waals surface area contributed by atoms with Crippen LogP contribution < -0.4 is 15.0 Å². The molecule has 0 saturated heterocycles. The van der Waals surface area contributed by atoms with Crippen LogP contribution in [0.25, 0.3) is 0 Å². The number of nitrogens with one attached hydrogen (secondary N) is 1. The average molecular weight is 250 g/mol. The van der Waals surface area contributed by atoms with Gasteiger partial charge in [0, 0.05) is 13.7 Å². The van der Waals surface area contributed by atoms with E-state index < -0.39 is 0 Å². The van der Waals surface area contributed by atoms with Crippen molar-refractivity contribution in [2.75, 3.05) is 44.9 Å². The summed E-state index contributed by atoms with van der Waals surface area (Å²) >= 11 is 0. The van der Waals surface area contributed by atoms with Gasteiger partial charge in [-0.1, -0.05) is 12.1 Å². The Morgan fingerprint density at radius 2 is 2.33 bits per heavy atom. The van der Waals surface area contributed by atoms with Crippen LogP contribution in [0.1, 0.15) is 0 Å². The van der Waals surface area contributed by atoms with E-state index in [9.17, 15) is 4.79 Å². The smallest absolute Gasteiger partial charge is 0.241 e. The lowest BCUT2D eigenvalue weighted by atomic mass is 10.2. The SMILES string of the molecule is COCCNCC(=O)N1CCOc2ccccc21. The van der Waals surface area contributed by atoms with Crippen LogP contribution in [0.15, 0.2) is 24.3 Å². The summed E-state index contributed by atoms with van der Waals surface area (Å²) in [5.74, 6) is 0.829. The number of methoxy groups -OCH3 is 1. The molecule has 0 saturated carbocycles. The highest BCUT2D eigenvalue weighted by atomic mass is 16.5. The number of anilines is 1. The fourth-order valence-corrected chi connectivity index (χ4v) is 1.89. The second-order valence-electron chi connectivity index (χ2n) is 4.03. The van der Waals surface area contributed by atoms with E-state index in [1.165, 1.54) is 0 Å². The first-order chi connectivity index (χ1) is 8.83. The molecule has 1 aliphatic heterocycles. The maximum atomic E-state index is 12.1. The van der Waals surface area contributed by atoms with Crippen molar-refractivity contribution >= 4 is 11.6 Å². The van der Waals surface area contributed by atoms with Gasteiger partial charge in [-0.2, -0.15) is 0 Å². The van der Waals surface area contributed by atoms with Crippen LogP contribution in [0.2, 0.25) is 0 Å². The quantitative estimate of drug-likeness (QED) is 0.780. The number of rotatable bonds is 5. The lowest BCUT2D eigenvalue weighted by Gasteiger charge is -2.29. The Kier molecular flexibility index (Phi) is 4.55. The number of carbonyl (C=O) groups excluding carboxylic acids is 1. The first-order valence-electron chi connectivity index (χ1n) is 6.05. The van der Waals surface area contributed by atoms with E-state index in [1.807, 2.05) is 24.3 Å². The summed E-state index contributed by atoms with van der Waals surface area (Å²) in [6.07, 6.45) is 0. The molecule has 0 spiro atoms. The van der Waals surface area contributed by atoms with Crippen molar-refractivity contribution in [2.45, 2.75) is 0 Å². The van der Waals surface area contributed by atoms with Gasteiger partial charge >= 0.3 is 0 Å². The maximum Gasteiger partial charge on any atom is 0.241 e. The minimum Gasteiger partial charge on any atom is -0.490 e. The molecule has 0 bridgehead atoms. The molecule has 5 heteroatoms. The van der Waals surface area contributed by atoms with Gasteiger partial charge in [-0.25, -0.2) is 0 Å². The van der Waals surface area contributed by atoms with Crippen molar-refractivity contribution in [1.82, 2.24) is 5.32 Å². The first kappa shape index (κ1) is 12.9. The summed E-state index contributed by atoms with van der Waals surface area (Å²) in [6.45, 7) is 2.74. The molecule has 1 amide bonds. The molecule has 0 atom stereocenters. The minimum absolute atomic E-state index is 0.0573. The molecule has 0 radical (unpaired) electrons. The standard InChI is InChI=1S/C13H18N2O3/c1-17-8-6-14-10-13(16)15-7-9-18-12-5-3-2-4-11(12)15/h2-5,14H,6-10H2,1H3. The number of hydrogen-bond donors (Lipinski definition) is 1. The molecule has 1 N–H and O–H groups in total. The highest BCUT2D eigenvalue weighted by molar-refractivity contribution is 5.96. The molecule has 0 aromatic heterocycles. The number of carbonyl (C=O) groups is 1. The van der Waals surface area contributed by atoms with Gasteiger partial charge in [0.2, 0.25) is 5.91 Å². The Labute approximate surface area is 107 Å². The summed E-state index contributed by atoms with van der Waals surface area (Å²) in [5.41, 5.74) is 0.849. The summed E-state index contributed by atoms with van der Waals surface area (Å²) in [4.78, 5) is 13.9. The lowest BCUT2D eigenvalue weighted by molar-refractivity contribution is -0.118. The molecular weight excluding hydrogens is 232 g/mol. The predicted octanol–water partition coefficient (Wildman–Crippen LogP) is 0.648. The molecule has 5 nitrogen and oxygen atoms in total. The number of ether oxygens (including phenoxy) is 2. The van der Waals surface area contributed by atoms with Gasteiger partial charge < -0.3 is 19.7 Å². The highest BCUT2D eigenvalue weighted by Crippen LogP contribution is 2.30. The van der Waals surface area contributed by atoms with Crippen molar-refractivity contribution in [3.8, 4) is 5.75 Å². The number of para-hydroxylation sites is 2. The summed E-state index contributed by atoms with van der Waals surface area (Å²) in [7, 11) is 1.64. The average Bonchev–Trinajstić information content (AvgIpc) is 2.43. The predicted molar refractivity (Wildman–Crippen MR) is 69.0 cm³/mol. The molecule has 0 unspecified atom stereocenters. The topological polar surface area (TPSA) is 50.8 Å². The van der Waals surface area contributed by atoms with E-state index in [0.717, 1.165) is 11.4 Å². The van der Waals surface area contributed by atoms with Crippen LogP contribution in [-0.2, 0) is 9.53 Å². The molecule has 1 aliphatic rings. The fraction of sp³-hybridized carbons (Fsp3) is 0.462. The van der Waals surface area contributed by atoms with Gasteiger partial charge in [-0.05, 0) is 12.1 Å². The van der Waals surface area contributed by atoms with Crippen LogP contribution in [0.4, 0.5) is 5.69 Å². The lowest BCUT2D eigenvalue weighted by Crippen LogP contribution is -2.43. The zero-order valence-corrected chi connectivity index (χ0v) is 10.5. The van der Waals surface area contributed by atoms with Crippen molar-refractivity contribution in [3.63, 3.8) is 0 Å². The first-order valence-corrected chi connectivity index (χ1v) is 6.05. The molecule has 0 fully saturated rings. The van der Waals surface area contributed by atoms with E-state index in [1.54, 1.807) is 12.0 Å². The van der Waals surface area contributed by atoms with E-state index in [4.69, 9.17) is 9.47 Å². The van der Waals surface area contributed by atoms with Crippen molar-refractivity contribution in [3.05, 3.63) is 24.3 Å². The van der Waals surface area contributed by atoms with E-state index >= 15 is 0 Å². The van der Waals surface area contributed by atoms with E-state index in [-0.39, 0.29) is 5.91 Å². The van der Waals surface area contributed by atoms with Crippen LogP contribution in [-0.4, -0.2) is 45.9 Å². The molecule has 98 valence electrons. The largest absolute Gasteiger partial charge is 0.490 e. The molecule has 1 aromatic rings. The Bertz CT molecular complexity index is 409. The third-order valence-electron chi connectivity index (χ3n) is 2.79. The van der Waals surface area contributed by atoms with Gasteiger partial charge in [0.25, 0.3) is 0 Å². The Morgan fingerprint density at radius 1 is 1.50 bits per heavy atom. The third-order valence-corrected chi connectivity index (χ3v) is 2.79. The molecular formula is C13H18N2O3. The Balaban J connectivity index is 1.95. The summed E-state index contributed by atoms with van der Waals surface area (Å²) in [6, 6.07) is 7.60. The maximum absolute atomic E-state index is 12.1. The summed E-state index contributed by atoms with van der Waals surface area (Å²) in [5, 5.41) is 3.06. The fourth-order valence-electron chi connectivity index (χ4n) is 1.89. The molecule has 1 aromatic carbocycles. The van der Waals surface area contributed by atoms with Gasteiger partial charge in [0.15, 0.2) is 0 Å². The number of amides is 1. The molecule has 0 aliphatic carbocycles. The second kappa shape index (κ2) is 6.37. The normalized spacial score (nSPS) is 13.9. The minimum atomic E-state index is 0.0573. The monoisotopic (exact) mass is 250 g/mol. The van der Waals surface area contributed by atoms with Crippen LogP contribution in [0, 0.1) is 0 Å². The van der Waals surface area contributed by atoms with E-state index in [0.29, 0.717) is 32.8 Å². The Morgan fingerprint density at radius 3 is 3.17 bits per heavy atom. The van der Waals surface area contributed by atoms with Crippen molar-refractivity contribution < 1.29 is 14.3 Å². The summed E-state index contributed by atoms with van der Waals surface area (Å²) < 4.78 is 10.4. The van der Waals surface area contributed by atoms with Gasteiger partial charge in [0.05, 0.1) is 25.4 Å². The molecule has 18 heavy (non-hydrogen) atoms. The molecule has 1 heterocycles. The zero-order chi connectivity index (χ0) is 12.8. The van der Waals surface area contributed by atoms with Crippen LogP contribution in [0.3, 0.4) is 0 Å². The van der Waals surface area contributed by atoms with Crippen molar-refractivity contribution in [1.29, 1.82) is 0 Å². The van der Waals surface area contributed by atoms with Gasteiger partial charge in [0.1, 0.15) is 12.4 Å². The number of nitrogens with zero attached hydrogens (tertiary/aromatic N) is 1. The van der Waals surface area contributed by atoms with Gasteiger partial charge in [-0.3, -0.25) is 4.79 Å². The van der Waals surface area contributed by atoms with Crippen LogP contribution in [0.5, 0.6) is 5.75 Å². The zero-order valence-electron chi connectivity index (χ0n) is 10.5. The Hall–Kier alpha value is -1.59. The number of hydrogen-bond acceptors (Lipinski definition) is 4. The van der Waals surface area contributed by atoms with Gasteiger partial charge in [-0.15, -0.1) is 0 Å². The third kappa shape index (κ3) is 3.00.